The van der Waals surface area contributed by atoms with E-state index in [2.05, 4.69) is 18.7 Å². The van der Waals surface area contributed by atoms with E-state index in [-0.39, 0.29) is 11.5 Å². The predicted octanol–water partition coefficient (Wildman–Crippen LogP) is 3.89. The minimum absolute atomic E-state index is 0.00133. The van der Waals surface area contributed by atoms with Crippen molar-refractivity contribution in [2.45, 2.75) is 46.0 Å². The first-order valence-corrected chi connectivity index (χ1v) is 6.96. The number of phenols is 2. The Bertz CT molecular complexity index is 352. The number of phenolic OH excluding ortho intramolecular Hbond substituents is 2. The van der Waals surface area contributed by atoms with Crippen molar-refractivity contribution in [2.24, 2.45) is 0 Å². The second-order valence-corrected chi connectivity index (χ2v) is 4.69. The molecule has 0 atom stereocenters. The third-order valence-corrected chi connectivity index (χ3v) is 3.11. The average Bonchev–Trinajstić information content (AvgIpc) is 2.37. The van der Waals surface area contributed by atoms with Crippen molar-refractivity contribution in [3.63, 3.8) is 0 Å². The van der Waals surface area contributed by atoms with Crippen LogP contribution in [0.4, 0.5) is 5.69 Å². The molecular weight excluding hydrogens is 226 g/mol. The molecule has 1 aromatic carbocycles. The molecule has 0 saturated carbocycles. The lowest BCUT2D eigenvalue weighted by Crippen LogP contribution is -2.25. The molecule has 0 aliphatic carbocycles. The zero-order valence-corrected chi connectivity index (χ0v) is 11.5. The highest BCUT2D eigenvalue weighted by Crippen LogP contribution is 2.35. The average molecular weight is 251 g/mol. The number of unbranched alkanes of at least 4 members (excludes halogenated alkanes) is 3. The lowest BCUT2D eigenvalue weighted by atomic mass is 10.1. The van der Waals surface area contributed by atoms with Gasteiger partial charge in [-0.3, -0.25) is 0 Å². The summed E-state index contributed by atoms with van der Waals surface area (Å²) in [4.78, 5) is 2.16. The van der Waals surface area contributed by atoms with Gasteiger partial charge < -0.3 is 15.1 Å². The summed E-state index contributed by atoms with van der Waals surface area (Å²) in [6, 6.07) is 5.16. The fourth-order valence-corrected chi connectivity index (χ4v) is 2.13. The van der Waals surface area contributed by atoms with Crippen LogP contribution >= 0.6 is 0 Å². The molecule has 0 aliphatic heterocycles. The first-order chi connectivity index (χ1) is 8.70. The zero-order chi connectivity index (χ0) is 13.4. The smallest absolute Gasteiger partial charge is 0.181 e. The SMILES string of the molecule is CCCCCCN(CCC)c1cccc(O)c1O. The molecule has 0 saturated heterocycles. The molecule has 102 valence electrons. The normalized spacial score (nSPS) is 10.6. The van der Waals surface area contributed by atoms with Gasteiger partial charge in [-0.15, -0.1) is 0 Å². The molecule has 1 rings (SSSR count). The Morgan fingerprint density at radius 2 is 1.72 bits per heavy atom. The Morgan fingerprint density at radius 1 is 0.944 bits per heavy atom. The van der Waals surface area contributed by atoms with E-state index in [4.69, 9.17) is 0 Å². The van der Waals surface area contributed by atoms with Crippen molar-refractivity contribution in [1.29, 1.82) is 0 Å². The molecule has 2 N–H and O–H groups in total. The highest BCUT2D eigenvalue weighted by atomic mass is 16.3. The van der Waals surface area contributed by atoms with E-state index in [1.165, 1.54) is 25.3 Å². The largest absolute Gasteiger partial charge is 0.504 e. The van der Waals surface area contributed by atoms with E-state index in [0.29, 0.717) is 0 Å². The van der Waals surface area contributed by atoms with Crippen LogP contribution in [0.3, 0.4) is 0 Å². The maximum atomic E-state index is 9.91. The molecule has 0 aromatic heterocycles. The Kier molecular flexibility index (Phi) is 6.40. The summed E-state index contributed by atoms with van der Waals surface area (Å²) in [6.45, 7) is 6.16. The standard InChI is InChI=1S/C15H25NO2/c1-3-5-6-7-12-16(11-4-2)13-9-8-10-14(17)15(13)18/h8-10,17-18H,3-7,11-12H2,1-2H3. The molecule has 18 heavy (non-hydrogen) atoms. The van der Waals surface area contributed by atoms with Crippen LogP contribution in [0.15, 0.2) is 18.2 Å². The van der Waals surface area contributed by atoms with Crippen LogP contribution < -0.4 is 4.90 Å². The van der Waals surface area contributed by atoms with Gasteiger partial charge in [-0.1, -0.05) is 39.2 Å². The van der Waals surface area contributed by atoms with Crippen LogP contribution in [0.5, 0.6) is 11.5 Å². The first-order valence-electron chi connectivity index (χ1n) is 6.96. The number of hydrogen-bond donors (Lipinski definition) is 2. The molecule has 0 heterocycles. The molecule has 3 heteroatoms. The van der Waals surface area contributed by atoms with Gasteiger partial charge in [-0.2, -0.15) is 0 Å². The minimum atomic E-state index is -0.0397. The molecule has 0 spiro atoms. The Morgan fingerprint density at radius 3 is 2.39 bits per heavy atom. The van der Waals surface area contributed by atoms with Crippen LogP contribution in [-0.2, 0) is 0 Å². The molecule has 0 fully saturated rings. The highest BCUT2D eigenvalue weighted by Gasteiger charge is 2.12. The van der Waals surface area contributed by atoms with Crippen LogP contribution in [0, 0.1) is 0 Å². The van der Waals surface area contributed by atoms with Gasteiger partial charge >= 0.3 is 0 Å². The molecule has 3 nitrogen and oxygen atoms in total. The second-order valence-electron chi connectivity index (χ2n) is 4.69. The minimum Gasteiger partial charge on any atom is -0.504 e. The summed E-state index contributed by atoms with van der Waals surface area (Å²) in [7, 11) is 0. The quantitative estimate of drug-likeness (QED) is 0.544. The third kappa shape index (κ3) is 4.13. The van der Waals surface area contributed by atoms with Crippen LogP contribution in [0.25, 0.3) is 0 Å². The number of rotatable bonds is 8. The lowest BCUT2D eigenvalue weighted by Gasteiger charge is -2.25. The van der Waals surface area contributed by atoms with Crippen LogP contribution in [0.2, 0.25) is 0 Å². The van der Waals surface area contributed by atoms with Gasteiger partial charge in [0, 0.05) is 13.1 Å². The van der Waals surface area contributed by atoms with E-state index in [0.717, 1.165) is 31.6 Å². The van der Waals surface area contributed by atoms with E-state index in [9.17, 15) is 10.2 Å². The number of anilines is 1. The van der Waals surface area contributed by atoms with Gasteiger partial charge in [-0.05, 0) is 25.0 Å². The summed E-state index contributed by atoms with van der Waals surface area (Å²) >= 11 is 0. The van der Waals surface area contributed by atoms with Crippen molar-refractivity contribution in [3.05, 3.63) is 18.2 Å². The number of para-hydroxylation sites is 1. The topological polar surface area (TPSA) is 43.7 Å². The van der Waals surface area contributed by atoms with E-state index >= 15 is 0 Å². The molecule has 1 aromatic rings. The molecular formula is C15H25NO2. The van der Waals surface area contributed by atoms with Gasteiger partial charge in [0.05, 0.1) is 5.69 Å². The maximum absolute atomic E-state index is 9.91. The number of nitrogens with zero attached hydrogens (tertiary/aromatic N) is 1. The second kappa shape index (κ2) is 7.85. The molecule has 0 bridgehead atoms. The van der Waals surface area contributed by atoms with Gasteiger partial charge in [0.2, 0.25) is 0 Å². The van der Waals surface area contributed by atoms with Gasteiger partial charge in [0.15, 0.2) is 11.5 Å². The van der Waals surface area contributed by atoms with E-state index in [1.54, 1.807) is 6.07 Å². The van der Waals surface area contributed by atoms with E-state index < -0.39 is 0 Å². The van der Waals surface area contributed by atoms with Gasteiger partial charge in [0.25, 0.3) is 0 Å². The van der Waals surface area contributed by atoms with Crippen molar-refractivity contribution < 1.29 is 10.2 Å². The molecule has 0 aliphatic rings. The van der Waals surface area contributed by atoms with Crippen molar-refractivity contribution in [3.8, 4) is 11.5 Å². The van der Waals surface area contributed by atoms with Crippen molar-refractivity contribution >= 4 is 5.69 Å². The summed E-state index contributed by atoms with van der Waals surface area (Å²) < 4.78 is 0. The third-order valence-electron chi connectivity index (χ3n) is 3.11. The van der Waals surface area contributed by atoms with Crippen molar-refractivity contribution in [2.75, 3.05) is 18.0 Å². The predicted molar refractivity (Wildman–Crippen MR) is 76.4 cm³/mol. The van der Waals surface area contributed by atoms with Crippen LogP contribution in [0.1, 0.15) is 46.0 Å². The monoisotopic (exact) mass is 251 g/mol. The number of aromatic hydroxyl groups is 2. The maximum Gasteiger partial charge on any atom is 0.181 e. The van der Waals surface area contributed by atoms with Gasteiger partial charge in [0.1, 0.15) is 0 Å². The Labute approximate surface area is 110 Å². The Hall–Kier alpha value is -1.38. The molecule has 0 amide bonds. The fraction of sp³-hybridized carbons (Fsp3) is 0.600. The summed E-state index contributed by atoms with van der Waals surface area (Å²) in [5.41, 5.74) is 0.744. The summed E-state index contributed by atoms with van der Waals surface area (Å²) in [6.07, 6.45) is 5.86. The molecule has 0 unspecified atom stereocenters. The Balaban J connectivity index is 2.68. The number of benzene rings is 1. The van der Waals surface area contributed by atoms with E-state index in [1.807, 2.05) is 6.07 Å². The first kappa shape index (κ1) is 14.7. The zero-order valence-electron chi connectivity index (χ0n) is 11.5. The number of hydrogen-bond acceptors (Lipinski definition) is 3. The summed E-state index contributed by atoms with van der Waals surface area (Å²) in [5, 5.41) is 19.5. The molecule has 0 radical (unpaired) electrons. The van der Waals surface area contributed by atoms with Crippen molar-refractivity contribution in [1.82, 2.24) is 0 Å². The highest BCUT2D eigenvalue weighted by molar-refractivity contribution is 5.63. The van der Waals surface area contributed by atoms with Crippen LogP contribution in [-0.4, -0.2) is 23.3 Å². The van der Waals surface area contributed by atoms with Gasteiger partial charge in [-0.25, -0.2) is 0 Å². The lowest BCUT2D eigenvalue weighted by molar-refractivity contribution is 0.403. The fourth-order valence-electron chi connectivity index (χ4n) is 2.13. The summed E-state index contributed by atoms with van der Waals surface area (Å²) in [5.74, 6) is -0.0383.